The molecule has 1 heterocycles. The first-order chi connectivity index (χ1) is 7.17. The van der Waals surface area contributed by atoms with Crippen LogP contribution >= 0.6 is 0 Å². The van der Waals surface area contributed by atoms with Gasteiger partial charge in [-0.1, -0.05) is 0 Å². The van der Waals surface area contributed by atoms with Gasteiger partial charge in [-0.3, -0.25) is 0 Å². The molecule has 2 unspecified atom stereocenters. The van der Waals surface area contributed by atoms with E-state index in [4.69, 9.17) is 10.5 Å². The molecule has 2 atom stereocenters. The lowest BCUT2D eigenvalue weighted by Gasteiger charge is -2.09. The van der Waals surface area contributed by atoms with Crippen LogP contribution in [0.25, 0.3) is 0 Å². The van der Waals surface area contributed by atoms with Crippen LogP contribution in [0.3, 0.4) is 0 Å². The minimum atomic E-state index is -0.307. The van der Waals surface area contributed by atoms with Gasteiger partial charge in [0.25, 0.3) is 0 Å². The first-order valence-corrected chi connectivity index (χ1v) is 5.05. The van der Waals surface area contributed by atoms with E-state index in [1.807, 2.05) is 0 Å². The molecule has 0 amide bonds. The third-order valence-electron chi connectivity index (χ3n) is 3.56. The number of rotatable bonds is 1. The van der Waals surface area contributed by atoms with Crippen molar-refractivity contribution in [1.29, 1.82) is 0 Å². The lowest BCUT2D eigenvalue weighted by molar-refractivity contribution is 0.386. The standard InChI is InChI=1S/C11H13FN2O/c1-15-9-3-8-6(2-7(9)12)11(5-14-8)4-10(11)13/h2-3,10,14H,4-5,13H2,1H3. The Bertz CT molecular complexity index is 435. The molecule has 15 heavy (non-hydrogen) atoms. The Hall–Kier alpha value is -1.29. The van der Waals surface area contributed by atoms with Gasteiger partial charge in [-0.2, -0.15) is 0 Å². The van der Waals surface area contributed by atoms with Crippen molar-refractivity contribution >= 4 is 5.69 Å². The summed E-state index contributed by atoms with van der Waals surface area (Å²) >= 11 is 0. The number of hydrogen-bond acceptors (Lipinski definition) is 3. The minimum Gasteiger partial charge on any atom is -0.494 e. The van der Waals surface area contributed by atoms with Gasteiger partial charge in [-0.15, -0.1) is 0 Å². The number of halogens is 1. The predicted molar refractivity (Wildman–Crippen MR) is 55.7 cm³/mol. The van der Waals surface area contributed by atoms with Crippen LogP contribution in [0.2, 0.25) is 0 Å². The summed E-state index contributed by atoms with van der Waals surface area (Å²) in [7, 11) is 1.47. The molecule has 3 rings (SSSR count). The van der Waals surface area contributed by atoms with Gasteiger partial charge in [0.05, 0.1) is 7.11 Å². The highest BCUT2D eigenvalue weighted by atomic mass is 19.1. The summed E-state index contributed by atoms with van der Waals surface area (Å²) in [5.41, 5.74) is 7.86. The molecule has 4 heteroatoms. The second kappa shape index (κ2) is 2.64. The number of nitrogens with two attached hydrogens (primary N) is 1. The van der Waals surface area contributed by atoms with Crippen molar-refractivity contribution in [3.63, 3.8) is 0 Å². The van der Waals surface area contributed by atoms with Crippen molar-refractivity contribution in [3.05, 3.63) is 23.5 Å². The summed E-state index contributed by atoms with van der Waals surface area (Å²) in [5.74, 6) is -0.0223. The van der Waals surface area contributed by atoms with E-state index in [1.165, 1.54) is 7.11 Å². The molecule has 1 aliphatic carbocycles. The van der Waals surface area contributed by atoms with Crippen LogP contribution in [0.15, 0.2) is 12.1 Å². The highest BCUT2D eigenvalue weighted by molar-refractivity contribution is 5.66. The van der Waals surface area contributed by atoms with E-state index in [-0.39, 0.29) is 23.0 Å². The van der Waals surface area contributed by atoms with Crippen LogP contribution in [0, 0.1) is 5.82 Å². The molecule has 2 aliphatic rings. The number of fused-ring (bicyclic) bond motifs is 2. The molecule has 0 radical (unpaired) electrons. The molecule has 1 saturated carbocycles. The highest BCUT2D eigenvalue weighted by Gasteiger charge is 2.57. The zero-order chi connectivity index (χ0) is 10.6. The second-order valence-corrected chi connectivity index (χ2v) is 4.35. The Morgan fingerprint density at radius 2 is 2.33 bits per heavy atom. The largest absolute Gasteiger partial charge is 0.494 e. The van der Waals surface area contributed by atoms with Crippen molar-refractivity contribution in [2.45, 2.75) is 17.9 Å². The molecule has 1 spiro atoms. The summed E-state index contributed by atoms with van der Waals surface area (Å²) in [6.45, 7) is 0.816. The van der Waals surface area contributed by atoms with Crippen LogP contribution in [0.5, 0.6) is 5.75 Å². The summed E-state index contributed by atoms with van der Waals surface area (Å²) in [6.07, 6.45) is 0.943. The van der Waals surface area contributed by atoms with Crippen molar-refractivity contribution < 1.29 is 9.13 Å². The van der Waals surface area contributed by atoms with E-state index >= 15 is 0 Å². The quantitative estimate of drug-likeness (QED) is 0.729. The van der Waals surface area contributed by atoms with Crippen molar-refractivity contribution in [1.82, 2.24) is 0 Å². The van der Waals surface area contributed by atoms with Gasteiger partial charge in [0.2, 0.25) is 0 Å². The van der Waals surface area contributed by atoms with Crippen molar-refractivity contribution in [2.24, 2.45) is 5.73 Å². The van der Waals surface area contributed by atoms with E-state index in [9.17, 15) is 4.39 Å². The molecule has 1 fully saturated rings. The van der Waals surface area contributed by atoms with Crippen LogP contribution in [0.1, 0.15) is 12.0 Å². The van der Waals surface area contributed by atoms with Crippen molar-refractivity contribution in [2.75, 3.05) is 19.0 Å². The number of nitrogens with one attached hydrogen (secondary N) is 1. The van der Waals surface area contributed by atoms with E-state index in [1.54, 1.807) is 12.1 Å². The van der Waals surface area contributed by atoms with Crippen LogP contribution in [-0.4, -0.2) is 19.7 Å². The molecular weight excluding hydrogens is 195 g/mol. The maximum atomic E-state index is 13.5. The molecule has 1 aromatic carbocycles. The SMILES string of the molecule is COc1cc2c(cc1F)C1(CN2)CC1N. The Morgan fingerprint density at radius 1 is 1.60 bits per heavy atom. The summed E-state index contributed by atoms with van der Waals surface area (Å²) in [6, 6.07) is 3.44. The fraction of sp³-hybridized carbons (Fsp3) is 0.455. The molecule has 0 saturated heterocycles. The lowest BCUT2D eigenvalue weighted by atomic mass is 9.97. The third kappa shape index (κ3) is 1.03. The van der Waals surface area contributed by atoms with Gasteiger partial charge in [0, 0.05) is 29.8 Å². The predicted octanol–water partition coefficient (Wildman–Crippen LogP) is 1.23. The first kappa shape index (κ1) is 8.97. The van der Waals surface area contributed by atoms with E-state index in [0.717, 1.165) is 24.2 Å². The van der Waals surface area contributed by atoms with Gasteiger partial charge < -0.3 is 15.8 Å². The maximum Gasteiger partial charge on any atom is 0.165 e. The molecule has 1 aromatic rings. The fourth-order valence-electron chi connectivity index (χ4n) is 2.46. The topological polar surface area (TPSA) is 47.3 Å². The number of ether oxygens (including phenoxy) is 1. The Labute approximate surface area is 87.4 Å². The monoisotopic (exact) mass is 208 g/mol. The summed E-state index contributed by atoms with van der Waals surface area (Å²) < 4.78 is 18.5. The molecule has 3 N–H and O–H groups in total. The van der Waals surface area contributed by atoms with Gasteiger partial charge in [-0.25, -0.2) is 4.39 Å². The zero-order valence-corrected chi connectivity index (χ0v) is 8.51. The number of methoxy groups -OCH3 is 1. The van der Waals surface area contributed by atoms with Gasteiger partial charge in [0.15, 0.2) is 11.6 Å². The van der Waals surface area contributed by atoms with Crippen LogP contribution in [0.4, 0.5) is 10.1 Å². The van der Waals surface area contributed by atoms with E-state index < -0.39 is 0 Å². The van der Waals surface area contributed by atoms with Crippen LogP contribution < -0.4 is 15.8 Å². The first-order valence-electron chi connectivity index (χ1n) is 5.05. The smallest absolute Gasteiger partial charge is 0.165 e. The third-order valence-corrected chi connectivity index (χ3v) is 3.56. The Morgan fingerprint density at radius 3 is 2.93 bits per heavy atom. The molecule has 80 valence electrons. The summed E-state index contributed by atoms with van der Waals surface area (Å²) in [5, 5.41) is 3.26. The maximum absolute atomic E-state index is 13.5. The number of anilines is 1. The van der Waals surface area contributed by atoms with E-state index in [2.05, 4.69) is 5.32 Å². The van der Waals surface area contributed by atoms with Gasteiger partial charge >= 0.3 is 0 Å². The van der Waals surface area contributed by atoms with Crippen LogP contribution in [-0.2, 0) is 5.41 Å². The minimum absolute atomic E-state index is 0.0115. The lowest BCUT2D eigenvalue weighted by Crippen LogP contribution is -2.20. The number of hydrogen-bond donors (Lipinski definition) is 2. The fourth-order valence-corrected chi connectivity index (χ4v) is 2.46. The highest BCUT2D eigenvalue weighted by Crippen LogP contribution is 2.54. The molecule has 0 aromatic heterocycles. The normalized spacial score (nSPS) is 31.3. The summed E-state index contributed by atoms with van der Waals surface area (Å²) in [4.78, 5) is 0. The number of benzene rings is 1. The Kier molecular flexibility index (Phi) is 1.58. The second-order valence-electron chi connectivity index (χ2n) is 4.35. The van der Waals surface area contributed by atoms with Gasteiger partial charge in [-0.05, 0) is 18.1 Å². The average Bonchev–Trinajstić information content (AvgIpc) is 2.74. The van der Waals surface area contributed by atoms with E-state index in [0.29, 0.717) is 0 Å². The average molecular weight is 208 g/mol. The van der Waals surface area contributed by atoms with Crippen molar-refractivity contribution in [3.8, 4) is 5.75 Å². The zero-order valence-electron chi connectivity index (χ0n) is 8.51. The van der Waals surface area contributed by atoms with Gasteiger partial charge in [0.1, 0.15) is 0 Å². The molecule has 3 nitrogen and oxygen atoms in total. The molecule has 1 aliphatic heterocycles. The molecular formula is C11H13FN2O. The Balaban J connectivity index is 2.11. The molecule has 0 bridgehead atoms.